The molecule has 0 radical (unpaired) electrons. The van der Waals surface area contributed by atoms with Crippen LogP contribution in [0.3, 0.4) is 0 Å². The van der Waals surface area contributed by atoms with Crippen molar-refractivity contribution in [2.45, 2.75) is 32.2 Å². The molecular formula is C14H21BrClNO. The van der Waals surface area contributed by atoms with E-state index in [1.807, 2.05) is 12.1 Å². The first kappa shape index (κ1) is 16.0. The fourth-order valence-electron chi connectivity index (χ4n) is 1.83. The number of halogens is 2. The molecule has 102 valence electrons. The Kier molecular flexibility index (Phi) is 7.91. The van der Waals surface area contributed by atoms with Crippen LogP contribution in [-0.2, 0) is 4.74 Å². The smallest absolute Gasteiger partial charge is 0.0464 e. The molecule has 0 aliphatic rings. The van der Waals surface area contributed by atoms with Gasteiger partial charge < -0.3 is 10.1 Å². The Morgan fingerprint density at radius 1 is 1.33 bits per heavy atom. The first-order chi connectivity index (χ1) is 8.65. The van der Waals surface area contributed by atoms with Crippen LogP contribution in [0.25, 0.3) is 0 Å². The van der Waals surface area contributed by atoms with Gasteiger partial charge in [0.25, 0.3) is 0 Å². The summed E-state index contributed by atoms with van der Waals surface area (Å²) in [4.78, 5) is 0. The third kappa shape index (κ3) is 5.70. The second-order valence-electron chi connectivity index (χ2n) is 4.40. The Morgan fingerprint density at radius 3 is 2.78 bits per heavy atom. The molecule has 4 heteroatoms. The monoisotopic (exact) mass is 333 g/mol. The van der Waals surface area contributed by atoms with E-state index >= 15 is 0 Å². The highest BCUT2D eigenvalue weighted by atomic mass is 79.9. The molecule has 0 aromatic heterocycles. The van der Waals surface area contributed by atoms with Crippen LogP contribution in [0.1, 0.15) is 37.8 Å². The van der Waals surface area contributed by atoms with Crippen LogP contribution in [0.4, 0.5) is 0 Å². The van der Waals surface area contributed by atoms with Gasteiger partial charge in [-0.3, -0.25) is 0 Å². The minimum absolute atomic E-state index is 0.285. The largest absolute Gasteiger partial charge is 0.385 e. The summed E-state index contributed by atoms with van der Waals surface area (Å²) in [6.07, 6.45) is 3.50. The maximum atomic E-state index is 6.22. The molecule has 0 aliphatic carbocycles. The van der Waals surface area contributed by atoms with Gasteiger partial charge in [0.1, 0.15) is 0 Å². The van der Waals surface area contributed by atoms with Gasteiger partial charge in [0.2, 0.25) is 0 Å². The molecule has 0 saturated heterocycles. The van der Waals surface area contributed by atoms with Crippen molar-refractivity contribution in [3.05, 3.63) is 33.3 Å². The number of benzene rings is 1. The molecule has 0 amide bonds. The van der Waals surface area contributed by atoms with Gasteiger partial charge in [-0.25, -0.2) is 0 Å². The van der Waals surface area contributed by atoms with E-state index in [-0.39, 0.29) is 6.04 Å². The number of ether oxygens (including phenoxy) is 1. The Hall–Kier alpha value is -0.0900. The topological polar surface area (TPSA) is 21.3 Å². The Labute approximate surface area is 123 Å². The molecule has 1 atom stereocenters. The first-order valence-electron chi connectivity index (χ1n) is 6.32. The summed E-state index contributed by atoms with van der Waals surface area (Å²) < 4.78 is 6.04. The van der Waals surface area contributed by atoms with Gasteiger partial charge in [-0.1, -0.05) is 33.6 Å². The lowest BCUT2D eigenvalue weighted by Gasteiger charge is -2.15. The lowest BCUT2D eigenvalue weighted by molar-refractivity contribution is 0.192. The Balaban J connectivity index is 2.29. The van der Waals surface area contributed by atoms with E-state index in [0.717, 1.165) is 34.6 Å². The summed E-state index contributed by atoms with van der Waals surface area (Å²) in [5.41, 5.74) is 1.15. The molecule has 1 rings (SSSR count). The zero-order valence-electron chi connectivity index (χ0n) is 11.0. The number of nitrogens with one attached hydrogen (secondary N) is 1. The van der Waals surface area contributed by atoms with Crippen molar-refractivity contribution in [1.82, 2.24) is 5.32 Å². The van der Waals surface area contributed by atoms with E-state index in [1.165, 1.54) is 12.8 Å². The quantitative estimate of drug-likeness (QED) is 0.703. The van der Waals surface area contributed by atoms with Crippen LogP contribution in [0, 0.1) is 0 Å². The third-order valence-electron chi connectivity index (χ3n) is 2.90. The first-order valence-corrected chi connectivity index (χ1v) is 7.49. The normalized spacial score (nSPS) is 12.7. The van der Waals surface area contributed by atoms with E-state index < -0.39 is 0 Å². The molecule has 1 aromatic carbocycles. The van der Waals surface area contributed by atoms with E-state index in [0.29, 0.717) is 0 Å². The van der Waals surface area contributed by atoms with Crippen molar-refractivity contribution < 1.29 is 4.74 Å². The average Bonchev–Trinajstić information content (AvgIpc) is 2.33. The van der Waals surface area contributed by atoms with Crippen molar-refractivity contribution in [2.24, 2.45) is 0 Å². The molecule has 1 unspecified atom stereocenters. The van der Waals surface area contributed by atoms with Gasteiger partial charge in [-0.05, 0) is 50.4 Å². The van der Waals surface area contributed by atoms with Crippen molar-refractivity contribution in [2.75, 3.05) is 20.3 Å². The fraction of sp³-hybridized carbons (Fsp3) is 0.571. The molecule has 18 heavy (non-hydrogen) atoms. The number of rotatable bonds is 8. The zero-order valence-corrected chi connectivity index (χ0v) is 13.4. The standard InChI is InChI=1S/C14H21BrClNO/c1-11(17-8-4-3-5-9-18-2)13-7-6-12(15)10-14(13)16/h6-7,10-11,17H,3-5,8-9H2,1-2H3. The van der Waals surface area contributed by atoms with Gasteiger partial charge in [0, 0.05) is 29.3 Å². The average molecular weight is 335 g/mol. The number of hydrogen-bond donors (Lipinski definition) is 1. The lowest BCUT2D eigenvalue weighted by Crippen LogP contribution is -2.20. The van der Waals surface area contributed by atoms with Crippen LogP contribution in [0.15, 0.2) is 22.7 Å². The second-order valence-corrected chi connectivity index (χ2v) is 5.72. The maximum Gasteiger partial charge on any atom is 0.0464 e. The number of methoxy groups -OCH3 is 1. The highest BCUT2D eigenvalue weighted by Crippen LogP contribution is 2.26. The highest BCUT2D eigenvalue weighted by molar-refractivity contribution is 9.10. The molecule has 0 aliphatic heterocycles. The van der Waals surface area contributed by atoms with Crippen LogP contribution in [0.2, 0.25) is 5.02 Å². The summed E-state index contributed by atoms with van der Waals surface area (Å²) >= 11 is 9.64. The van der Waals surface area contributed by atoms with E-state index in [4.69, 9.17) is 16.3 Å². The molecule has 0 fully saturated rings. The lowest BCUT2D eigenvalue weighted by atomic mass is 10.1. The highest BCUT2D eigenvalue weighted by Gasteiger charge is 2.08. The SMILES string of the molecule is COCCCCCNC(C)c1ccc(Br)cc1Cl. The van der Waals surface area contributed by atoms with Crippen molar-refractivity contribution in [1.29, 1.82) is 0 Å². The molecule has 1 aromatic rings. The molecule has 2 nitrogen and oxygen atoms in total. The van der Waals surface area contributed by atoms with E-state index in [1.54, 1.807) is 7.11 Å². The van der Waals surface area contributed by atoms with Crippen molar-refractivity contribution >= 4 is 27.5 Å². The van der Waals surface area contributed by atoms with E-state index in [2.05, 4.69) is 34.2 Å². The third-order valence-corrected chi connectivity index (χ3v) is 3.73. The van der Waals surface area contributed by atoms with E-state index in [9.17, 15) is 0 Å². The Morgan fingerprint density at radius 2 is 2.11 bits per heavy atom. The second kappa shape index (κ2) is 8.92. The molecule has 0 bridgehead atoms. The molecule has 1 N–H and O–H groups in total. The molecule has 0 heterocycles. The van der Waals surface area contributed by atoms with Crippen LogP contribution in [0.5, 0.6) is 0 Å². The van der Waals surface area contributed by atoms with Crippen LogP contribution < -0.4 is 5.32 Å². The fourth-order valence-corrected chi connectivity index (χ4v) is 2.67. The minimum atomic E-state index is 0.285. The number of unbranched alkanes of at least 4 members (excludes halogenated alkanes) is 2. The Bertz CT molecular complexity index is 360. The predicted molar refractivity (Wildman–Crippen MR) is 81.3 cm³/mol. The summed E-state index contributed by atoms with van der Waals surface area (Å²) in [7, 11) is 1.75. The summed E-state index contributed by atoms with van der Waals surface area (Å²) in [5, 5.41) is 4.30. The van der Waals surface area contributed by atoms with Crippen molar-refractivity contribution in [3.8, 4) is 0 Å². The molecule has 0 spiro atoms. The minimum Gasteiger partial charge on any atom is -0.385 e. The number of hydrogen-bond acceptors (Lipinski definition) is 2. The van der Waals surface area contributed by atoms with Gasteiger partial charge in [-0.15, -0.1) is 0 Å². The van der Waals surface area contributed by atoms with Crippen molar-refractivity contribution in [3.63, 3.8) is 0 Å². The molecular weight excluding hydrogens is 314 g/mol. The van der Waals surface area contributed by atoms with Gasteiger partial charge in [0.05, 0.1) is 0 Å². The van der Waals surface area contributed by atoms with Gasteiger partial charge >= 0.3 is 0 Å². The molecule has 0 saturated carbocycles. The van der Waals surface area contributed by atoms with Crippen LogP contribution in [-0.4, -0.2) is 20.3 Å². The zero-order chi connectivity index (χ0) is 13.4. The summed E-state index contributed by atoms with van der Waals surface area (Å²) in [6.45, 7) is 4.01. The predicted octanol–water partition coefficient (Wildman–Crippen LogP) is 4.57. The van der Waals surface area contributed by atoms with Gasteiger partial charge in [0.15, 0.2) is 0 Å². The maximum absolute atomic E-state index is 6.22. The summed E-state index contributed by atoms with van der Waals surface area (Å²) in [5.74, 6) is 0. The summed E-state index contributed by atoms with van der Waals surface area (Å²) in [6, 6.07) is 6.31. The van der Waals surface area contributed by atoms with Crippen LogP contribution >= 0.6 is 27.5 Å². The van der Waals surface area contributed by atoms with Gasteiger partial charge in [-0.2, -0.15) is 0 Å².